The van der Waals surface area contributed by atoms with Gasteiger partial charge in [-0.1, -0.05) is 48.8 Å². The molecular formula is C12H11B. The zero-order chi connectivity index (χ0) is 9.26. The van der Waals surface area contributed by atoms with Crippen molar-refractivity contribution in [2.45, 2.75) is 13.3 Å². The predicted molar refractivity (Wildman–Crippen MR) is 58.7 cm³/mol. The second-order valence-electron chi connectivity index (χ2n) is 3.29. The van der Waals surface area contributed by atoms with E-state index in [9.17, 15) is 0 Å². The Morgan fingerprint density at radius 1 is 1.00 bits per heavy atom. The highest BCUT2D eigenvalue weighted by Gasteiger charge is 1.94. The van der Waals surface area contributed by atoms with E-state index in [1.807, 2.05) is 12.1 Å². The highest BCUT2D eigenvalue weighted by molar-refractivity contribution is 6.33. The van der Waals surface area contributed by atoms with E-state index in [-0.39, 0.29) is 0 Å². The lowest BCUT2D eigenvalue weighted by atomic mass is 9.93. The summed E-state index contributed by atoms with van der Waals surface area (Å²) in [4.78, 5) is 0. The smallest absolute Gasteiger partial charge is 0.0960 e. The number of hydrogen-bond acceptors (Lipinski definition) is 0. The van der Waals surface area contributed by atoms with Crippen LogP contribution in [0.4, 0.5) is 0 Å². The second kappa shape index (κ2) is 3.25. The maximum atomic E-state index is 5.69. The molecule has 1 heteroatoms. The van der Waals surface area contributed by atoms with Gasteiger partial charge in [-0.2, -0.15) is 0 Å². The molecule has 0 amide bonds. The number of hydrogen-bond donors (Lipinski definition) is 0. The molecule has 62 valence electrons. The number of aryl methyl sites for hydroxylation is 1. The third-order valence-electron chi connectivity index (χ3n) is 2.34. The zero-order valence-electron chi connectivity index (χ0n) is 7.75. The normalized spacial score (nSPS) is 10.5. The van der Waals surface area contributed by atoms with Crippen molar-refractivity contribution in [2.24, 2.45) is 0 Å². The first-order valence-electron chi connectivity index (χ1n) is 4.58. The molecular weight excluding hydrogens is 155 g/mol. The summed E-state index contributed by atoms with van der Waals surface area (Å²) in [6.45, 7) is 2.17. The van der Waals surface area contributed by atoms with E-state index in [1.165, 1.54) is 16.3 Å². The van der Waals surface area contributed by atoms with Crippen LogP contribution in [0.1, 0.15) is 12.5 Å². The van der Waals surface area contributed by atoms with E-state index < -0.39 is 0 Å². The molecule has 0 spiro atoms. The van der Waals surface area contributed by atoms with Gasteiger partial charge >= 0.3 is 0 Å². The van der Waals surface area contributed by atoms with Crippen molar-refractivity contribution in [3.63, 3.8) is 0 Å². The van der Waals surface area contributed by atoms with Crippen LogP contribution < -0.4 is 5.46 Å². The first-order valence-corrected chi connectivity index (χ1v) is 4.58. The number of fused-ring (bicyclic) bond motifs is 1. The Labute approximate surface area is 80.0 Å². The van der Waals surface area contributed by atoms with Crippen LogP contribution in [0.2, 0.25) is 0 Å². The highest BCUT2D eigenvalue weighted by Crippen LogP contribution is 2.14. The van der Waals surface area contributed by atoms with E-state index in [4.69, 9.17) is 7.85 Å². The lowest BCUT2D eigenvalue weighted by molar-refractivity contribution is 1.15. The minimum absolute atomic E-state index is 0.830. The van der Waals surface area contributed by atoms with E-state index in [0.29, 0.717) is 0 Å². The molecule has 0 aliphatic heterocycles. The molecule has 2 radical (unpaired) electrons. The predicted octanol–water partition coefficient (Wildman–Crippen LogP) is 2.20. The molecule has 0 aromatic heterocycles. The zero-order valence-corrected chi connectivity index (χ0v) is 7.75. The molecule has 0 aliphatic rings. The molecule has 0 nitrogen and oxygen atoms in total. The van der Waals surface area contributed by atoms with Crippen molar-refractivity contribution in [1.29, 1.82) is 0 Å². The van der Waals surface area contributed by atoms with Crippen molar-refractivity contribution in [1.82, 2.24) is 0 Å². The summed E-state index contributed by atoms with van der Waals surface area (Å²) in [5, 5.41) is 2.49. The van der Waals surface area contributed by atoms with Gasteiger partial charge in [0.25, 0.3) is 0 Å². The van der Waals surface area contributed by atoms with Crippen LogP contribution in [0.15, 0.2) is 36.4 Å². The van der Waals surface area contributed by atoms with Crippen LogP contribution in [0.5, 0.6) is 0 Å². The van der Waals surface area contributed by atoms with Gasteiger partial charge < -0.3 is 0 Å². The average Bonchev–Trinajstić information content (AvgIpc) is 2.17. The van der Waals surface area contributed by atoms with Crippen LogP contribution in [-0.4, -0.2) is 7.85 Å². The summed E-state index contributed by atoms with van der Waals surface area (Å²) >= 11 is 0. The van der Waals surface area contributed by atoms with Gasteiger partial charge in [0.15, 0.2) is 0 Å². The molecule has 2 aromatic rings. The van der Waals surface area contributed by atoms with Crippen LogP contribution >= 0.6 is 0 Å². The van der Waals surface area contributed by atoms with Gasteiger partial charge in [-0.05, 0) is 22.8 Å². The maximum Gasteiger partial charge on any atom is 0.113 e. The fourth-order valence-electron chi connectivity index (χ4n) is 1.53. The third kappa shape index (κ3) is 1.60. The SMILES string of the molecule is [B]c1ccc2cc(CC)ccc2c1. The van der Waals surface area contributed by atoms with E-state index in [1.54, 1.807) is 0 Å². The quantitative estimate of drug-likeness (QED) is 0.569. The van der Waals surface area contributed by atoms with Crippen LogP contribution in [0, 0.1) is 0 Å². The maximum absolute atomic E-state index is 5.69. The molecule has 0 aliphatic carbocycles. The van der Waals surface area contributed by atoms with Gasteiger partial charge in [0.1, 0.15) is 7.85 Å². The Kier molecular flexibility index (Phi) is 2.09. The first-order chi connectivity index (χ1) is 6.29. The Morgan fingerprint density at radius 2 is 1.69 bits per heavy atom. The first kappa shape index (κ1) is 8.37. The molecule has 13 heavy (non-hydrogen) atoms. The van der Waals surface area contributed by atoms with Crippen LogP contribution in [0.3, 0.4) is 0 Å². The molecule has 0 heterocycles. The van der Waals surface area contributed by atoms with E-state index in [0.717, 1.165) is 11.9 Å². The van der Waals surface area contributed by atoms with E-state index >= 15 is 0 Å². The molecule has 0 bridgehead atoms. The highest BCUT2D eigenvalue weighted by atomic mass is 14.0. The molecule has 0 N–H and O–H groups in total. The largest absolute Gasteiger partial charge is 0.113 e. The molecule has 2 aromatic carbocycles. The summed E-state index contributed by atoms with van der Waals surface area (Å²) in [6.07, 6.45) is 1.08. The summed E-state index contributed by atoms with van der Waals surface area (Å²) in [7, 11) is 5.69. The Balaban J connectivity index is 2.66. The monoisotopic (exact) mass is 166 g/mol. The summed E-state index contributed by atoms with van der Waals surface area (Å²) in [5.41, 5.74) is 2.20. The number of rotatable bonds is 1. The van der Waals surface area contributed by atoms with Gasteiger partial charge in [-0.25, -0.2) is 0 Å². The van der Waals surface area contributed by atoms with Crippen molar-refractivity contribution in [3.8, 4) is 0 Å². The number of benzene rings is 2. The van der Waals surface area contributed by atoms with Gasteiger partial charge in [-0.3, -0.25) is 0 Å². The average molecular weight is 166 g/mol. The molecule has 2 rings (SSSR count). The Bertz CT molecular complexity index is 432. The fourth-order valence-corrected chi connectivity index (χ4v) is 1.53. The van der Waals surface area contributed by atoms with Gasteiger partial charge in [-0.15, -0.1) is 0 Å². The third-order valence-corrected chi connectivity index (χ3v) is 2.34. The molecule has 0 saturated carbocycles. The molecule has 0 fully saturated rings. The lowest BCUT2D eigenvalue weighted by Crippen LogP contribution is -1.99. The van der Waals surface area contributed by atoms with Gasteiger partial charge in [0, 0.05) is 0 Å². The van der Waals surface area contributed by atoms with Gasteiger partial charge in [0.2, 0.25) is 0 Å². The Hall–Kier alpha value is -1.24. The summed E-state index contributed by atoms with van der Waals surface area (Å²) in [6, 6.07) is 12.5. The molecule has 0 saturated heterocycles. The summed E-state index contributed by atoms with van der Waals surface area (Å²) < 4.78 is 0. The van der Waals surface area contributed by atoms with E-state index in [2.05, 4.69) is 31.2 Å². The summed E-state index contributed by atoms with van der Waals surface area (Å²) in [5.74, 6) is 0. The van der Waals surface area contributed by atoms with Crippen LogP contribution in [0.25, 0.3) is 10.8 Å². The van der Waals surface area contributed by atoms with Gasteiger partial charge in [0.05, 0.1) is 0 Å². The van der Waals surface area contributed by atoms with Crippen LogP contribution in [-0.2, 0) is 6.42 Å². The van der Waals surface area contributed by atoms with Crippen molar-refractivity contribution >= 4 is 24.1 Å². The van der Waals surface area contributed by atoms with Crippen molar-refractivity contribution < 1.29 is 0 Å². The topological polar surface area (TPSA) is 0 Å². The lowest BCUT2D eigenvalue weighted by Gasteiger charge is -2.02. The molecule has 0 unspecified atom stereocenters. The minimum Gasteiger partial charge on any atom is -0.0960 e. The van der Waals surface area contributed by atoms with Crippen molar-refractivity contribution in [3.05, 3.63) is 42.0 Å². The Morgan fingerprint density at radius 3 is 2.46 bits per heavy atom. The molecule has 0 atom stereocenters. The minimum atomic E-state index is 0.830. The second-order valence-corrected chi connectivity index (χ2v) is 3.29. The fraction of sp³-hybridized carbons (Fsp3) is 0.167. The standard InChI is InChI=1S/C12H11B/c1-2-9-3-4-11-8-12(13)6-5-10(11)7-9/h3-8H,2H2,1H3. The van der Waals surface area contributed by atoms with Crippen molar-refractivity contribution in [2.75, 3.05) is 0 Å².